The summed E-state index contributed by atoms with van der Waals surface area (Å²) in [6.45, 7) is 0. The molecule has 0 saturated carbocycles. The maximum absolute atomic E-state index is 11.9. The molecule has 6 nitrogen and oxygen atoms in total. The number of carboxylic acids is 1. The van der Waals surface area contributed by atoms with Gasteiger partial charge in [-0.15, -0.1) is 0 Å². The molecule has 2 amide bonds. The molecule has 1 atom stereocenters. The van der Waals surface area contributed by atoms with E-state index >= 15 is 0 Å². The average Bonchev–Trinajstić information content (AvgIpc) is 2.75. The summed E-state index contributed by atoms with van der Waals surface area (Å²) in [6, 6.07) is 3.78. The number of carboxylic acid groups (broad SMARTS) is 1. The third-order valence-electron chi connectivity index (χ3n) is 2.80. The zero-order chi connectivity index (χ0) is 14.0. The van der Waals surface area contributed by atoms with E-state index in [0.29, 0.717) is 12.8 Å². The Bertz CT molecular complexity index is 559. The maximum Gasteiger partial charge on any atom is 0.339 e. The fourth-order valence-corrected chi connectivity index (χ4v) is 2.13. The lowest BCUT2D eigenvalue weighted by Gasteiger charge is -2.13. The topological polar surface area (TPSA) is 95.5 Å². The lowest BCUT2D eigenvalue weighted by Crippen LogP contribution is -2.37. The highest BCUT2D eigenvalue weighted by atomic mass is 35.5. The Kier molecular flexibility index (Phi) is 3.71. The zero-order valence-electron chi connectivity index (χ0n) is 9.77. The Labute approximate surface area is 113 Å². The highest BCUT2D eigenvalue weighted by Crippen LogP contribution is 2.24. The summed E-state index contributed by atoms with van der Waals surface area (Å²) in [5.74, 6) is -1.86. The van der Waals surface area contributed by atoms with E-state index in [0.717, 1.165) is 0 Å². The van der Waals surface area contributed by atoms with E-state index in [2.05, 4.69) is 10.6 Å². The van der Waals surface area contributed by atoms with Crippen LogP contribution in [0.4, 0.5) is 5.69 Å². The Morgan fingerprint density at radius 2 is 2.16 bits per heavy atom. The molecule has 1 fully saturated rings. The number of carbonyl (C=O) groups excluding carboxylic acids is 2. The van der Waals surface area contributed by atoms with Gasteiger partial charge in [0.1, 0.15) is 11.6 Å². The summed E-state index contributed by atoms with van der Waals surface area (Å²) < 4.78 is 0. The Balaban J connectivity index is 2.19. The van der Waals surface area contributed by atoms with Crippen LogP contribution in [0.2, 0.25) is 5.02 Å². The van der Waals surface area contributed by atoms with E-state index in [-0.39, 0.29) is 22.2 Å². The number of nitrogens with one attached hydrogen (secondary N) is 2. The van der Waals surface area contributed by atoms with Crippen molar-refractivity contribution < 1.29 is 19.5 Å². The van der Waals surface area contributed by atoms with Gasteiger partial charge in [0, 0.05) is 6.42 Å². The minimum atomic E-state index is -1.23. The van der Waals surface area contributed by atoms with Crippen molar-refractivity contribution in [3.05, 3.63) is 28.8 Å². The van der Waals surface area contributed by atoms with Crippen LogP contribution in [-0.2, 0) is 9.59 Å². The van der Waals surface area contributed by atoms with Crippen molar-refractivity contribution in [2.24, 2.45) is 0 Å². The molecule has 3 N–H and O–H groups in total. The van der Waals surface area contributed by atoms with Gasteiger partial charge in [-0.3, -0.25) is 9.59 Å². The largest absolute Gasteiger partial charge is 0.478 e. The van der Waals surface area contributed by atoms with Crippen LogP contribution in [0.5, 0.6) is 0 Å². The molecule has 0 aliphatic carbocycles. The van der Waals surface area contributed by atoms with Gasteiger partial charge < -0.3 is 15.7 Å². The highest BCUT2D eigenvalue weighted by molar-refractivity contribution is 6.34. The van der Waals surface area contributed by atoms with E-state index in [1.165, 1.54) is 18.2 Å². The monoisotopic (exact) mass is 282 g/mol. The van der Waals surface area contributed by atoms with Gasteiger partial charge in [-0.25, -0.2) is 4.79 Å². The van der Waals surface area contributed by atoms with Crippen LogP contribution in [-0.4, -0.2) is 28.9 Å². The van der Waals surface area contributed by atoms with Gasteiger partial charge in [0.05, 0.1) is 10.7 Å². The van der Waals surface area contributed by atoms with Crippen molar-refractivity contribution in [3.63, 3.8) is 0 Å². The minimum absolute atomic E-state index is 0.0424. The number of carbonyl (C=O) groups is 3. The summed E-state index contributed by atoms with van der Waals surface area (Å²) >= 11 is 5.79. The number of amides is 2. The second-order valence-electron chi connectivity index (χ2n) is 4.12. The smallest absolute Gasteiger partial charge is 0.339 e. The quantitative estimate of drug-likeness (QED) is 0.777. The first-order chi connectivity index (χ1) is 8.99. The molecule has 0 aromatic heterocycles. The van der Waals surface area contributed by atoms with Crippen LogP contribution in [0.3, 0.4) is 0 Å². The molecule has 0 unspecified atom stereocenters. The second-order valence-corrected chi connectivity index (χ2v) is 4.52. The predicted molar refractivity (Wildman–Crippen MR) is 68.2 cm³/mol. The van der Waals surface area contributed by atoms with Crippen LogP contribution in [0, 0.1) is 0 Å². The first-order valence-corrected chi connectivity index (χ1v) is 5.99. The third kappa shape index (κ3) is 2.85. The van der Waals surface area contributed by atoms with Gasteiger partial charge in [0.2, 0.25) is 11.8 Å². The molecule has 19 heavy (non-hydrogen) atoms. The molecular weight excluding hydrogens is 272 g/mol. The molecule has 1 saturated heterocycles. The zero-order valence-corrected chi connectivity index (χ0v) is 10.5. The Morgan fingerprint density at radius 1 is 1.42 bits per heavy atom. The van der Waals surface area contributed by atoms with E-state index < -0.39 is 17.9 Å². The molecule has 1 aromatic rings. The minimum Gasteiger partial charge on any atom is -0.478 e. The van der Waals surface area contributed by atoms with Gasteiger partial charge in [-0.1, -0.05) is 17.7 Å². The van der Waals surface area contributed by atoms with Crippen LogP contribution < -0.4 is 10.6 Å². The molecule has 7 heteroatoms. The van der Waals surface area contributed by atoms with Gasteiger partial charge in [0.25, 0.3) is 0 Å². The lowest BCUT2D eigenvalue weighted by atomic mass is 10.1. The summed E-state index contributed by atoms with van der Waals surface area (Å²) in [5.41, 5.74) is -0.0482. The van der Waals surface area contributed by atoms with Crippen molar-refractivity contribution in [3.8, 4) is 0 Å². The van der Waals surface area contributed by atoms with E-state index in [1.807, 2.05) is 0 Å². The van der Waals surface area contributed by atoms with Crippen molar-refractivity contribution >= 4 is 35.1 Å². The highest BCUT2D eigenvalue weighted by Gasteiger charge is 2.28. The van der Waals surface area contributed by atoms with Crippen LogP contribution in [0.1, 0.15) is 23.2 Å². The van der Waals surface area contributed by atoms with E-state index in [4.69, 9.17) is 16.7 Å². The summed E-state index contributed by atoms with van der Waals surface area (Å²) in [7, 11) is 0. The molecule has 1 aromatic carbocycles. The number of aromatic carboxylic acids is 1. The molecule has 0 bridgehead atoms. The van der Waals surface area contributed by atoms with Gasteiger partial charge >= 0.3 is 5.97 Å². The average molecular weight is 283 g/mol. The molecule has 1 aliphatic heterocycles. The normalized spacial score (nSPS) is 17.9. The number of hydrogen-bond acceptors (Lipinski definition) is 3. The fraction of sp³-hybridized carbons (Fsp3) is 0.250. The fourth-order valence-electron chi connectivity index (χ4n) is 1.88. The second kappa shape index (κ2) is 5.27. The summed E-state index contributed by atoms with van der Waals surface area (Å²) in [6.07, 6.45) is 0.688. The SMILES string of the molecule is O=C1CC[C@@H](C(=O)Nc2cccc(Cl)c2C(=O)O)N1. The molecule has 1 heterocycles. The van der Waals surface area contributed by atoms with Crippen LogP contribution >= 0.6 is 11.6 Å². The molecule has 100 valence electrons. The summed E-state index contributed by atoms with van der Waals surface area (Å²) in [5, 5.41) is 14.1. The van der Waals surface area contributed by atoms with Crippen molar-refractivity contribution in [2.45, 2.75) is 18.9 Å². The number of hydrogen-bond donors (Lipinski definition) is 3. The number of anilines is 1. The van der Waals surface area contributed by atoms with Gasteiger partial charge in [-0.05, 0) is 18.6 Å². The molecule has 2 rings (SSSR count). The number of rotatable bonds is 3. The third-order valence-corrected chi connectivity index (χ3v) is 3.11. The molecule has 0 spiro atoms. The summed E-state index contributed by atoms with van der Waals surface area (Å²) in [4.78, 5) is 34.0. The lowest BCUT2D eigenvalue weighted by molar-refractivity contribution is -0.122. The van der Waals surface area contributed by atoms with E-state index in [1.54, 1.807) is 0 Å². The number of benzene rings is 1. The Morgan fingerprint density at radius 3 is 2.74 bits per heavy atom. The van der Waals surface area contributed by atoms with Crippen LogP contribution in [0.15, 0.2) is 18.2 Å². The Hall–Kier alpha value is -2.08. The first-order valence-electron chi connectivity index (χ1n) is 5.61. The maximum atomic E-state index is 11.9. The first kappa shape index (κ1) is 13.4. The van der Waals surface area contributed by atoms with Crippen molar-refractivity contribution in [1.82, 2.24) is 5.32 Å². The standard InChI is InChI=1S/C12H11ClN2O4/c13-6-2-1-3-7(10(6)12(18)19)15-11(17)8-4-5-9(16)14-8/h1-3,8H,4-5H2,(H,14,16)(H,15,17)(H,18,19)/t8-/m0/s1. The molecular formula is C12H11ClN2O4. The number of halogens is 1. The predicted octanol–water partition coefficient (Wildman–Crippen LogP) is 1.26. The van der Waals surface area contributed by atoms with Gasteiger partial charge in [0.15, 0.2) is 0 Å². The van der Waals surface area contributed by atoms with Crippen LogP contribution in [0.25, 0.3) is 0 Å². The van der Waals surface area contributed by atoms with Gasteiger partial charge in [-0.2, -0.15) is 0 Å². The van der Waals surface area contributed by atoms with Crippen molar-refractivity contribution in [1.29, 1.82) is 0 Å². The van der Waals surface area contributed by atoms with E-state index in [9.17, 15) is 14.4 Å². The van der Waals surface area contributed by atoms with Crippen molar-refractivity contribution in [2.75, 3.05) is 5.32 Å². The molecule has 0 radical (unpaired) electrons. The molecule has 1 aliphatic rings.